The molecular weight excluding hydrogens is 360 g/mol. The van der Waals surface area contributed by atoms with E-state index in [4.69, 9.17) is 9.47 Å². The standard InChI is InChI=1S/C20H20N4O4/c1-27-17-7-3-2-5-14(17)24-15(8-11-22-24)18-13(9-12-28-18)20(26)23-19-16(25)6-4-10-21-19/h2-8,10-11,13,18,25H,9,12H2,1H3,(H,21,23,26)/t13-,18-/m0/s1. The van der Waals surface area contributed by atoms with Crippen molar-refractivity contribution in [2.45, 2.75) is 12.5 Å². The molecule has 0 bridgehead atoms. The van der Waals surface area contributed by atoms with Crippen LogP contribution in [0.2, 0.25) is 0 Å². The first-order valence-electron chi connectivity index (χ1n) is 8.93. The van der Waals surface area contributed by atoms with Crippen molar-refractivity contribution in [2.75, 3.05) is 19.0 Å². The van der Waals surface area contributed by atoms with Crippen molar-refractivity contribution < 1.29 is 19.4 Å². The average molecular weight is 380 g/mol. The van der Waals surface area contributed by atoms with Gasteiger partial charge in [-0.25, -0.2) is 9.67 Å². The van der Waals surface area contributed by atoms with Crippen LogP contribution in [0.4, 0.5) is 5.82 Å². The van der Waals surface area contributed by atoms with E-state index in [1.54, 1.807) is 24.1 Å². The van der Waals surface area contributed by atoms with Crippen molar-refractivity contribution in [3.63, 3.8) is 0 Å². The number of para-hydroxylation sites is 2. The minimum absolute atomic E-state index is 0.0784. The van der Waals surface area contributed by atoms with Gasteiger partial charge in [0.05, 0.1) is 18.7 Å². The minimum atomic E-state index is -0.474. The van der Waals surface area contributed by atoms with Crippen molar-refractivity contribution in [1.29, 1.82) is 0 Å². The van der Waals surface area contributed by atoms with Crippen LogP contribution in [0.3, 0.4) is 0 Å². The second-order valence-corrected chi connectivity index (χ2v) is 6.39. The topological polar surface area (TPSA) is 98.5 Å². The largest absolute Gasteiger partial charge is 0.504 e. The number of amides is 1. The van der Waals surface area contributed by atoms with E-state index in [9.17, 15) is 9.90 Å². The zero-order valence-electron chi connectivity index (χ0n) is 15.3. The van der Waals surface area contributed by atoms with Crippen molar-refractivity contribution >= 4 is 11.7 Å². The van der Waals surface area contributed by atoms with E-state index in [0.29, 0.717) is 18.8 Å². The average Bonchev–Trinajstić information content (AvgIpc) is 3.38. The molecule has 8 nitrogen and oxygen atoms in total. The lowest BCUT2D eigenvalue weighted by Gasteiger charge is -2.20. The van der Waals surface area contributed by atoms with Crippen LogP contribution in [0, 0.1) is 5.92 Å². The number of aromatic nitrogens is 3. The molecule has 1 aliphatic heterocycles. The maximum atomic E-state index is 12.8. The Morgan fingerprint density at radius 1 is 1.25 bits per heavy atom. The van der Waals surface area contributed by atoms with Gasteiger partial charge in [-0.2, -0.15) is 5.10 Å². The number of hydrogen-bond acceptors (Lipinski definition) is 6. The Balaban J connectivity index is 1.62. The summed E-state index contributed by atoms with van der Waals surface area (Å²) in [6.45, 7) is 0.452. The Morgan fingerprint density at radius 2 is 2.11 bits per heavy atom. The molecule has 2 atom stereocenters. The first-order valence-corrected chi connectivity index (χ1v) is 8.93. The van der Waals surface area contributed by atoms with Crippen LogP contribution in [0.5, 0.6) is 11.5 Å². The lowest BCUT2D eigenvalue weighted by Crippen LogP contribution is -2.27. The summed E-state index contributed by atoms with van der Waals surface area (Å²) in [4.78, 5) is 16.9. The van der Waals surface area contributed by atoms with E-state index in [1.807, 2.05) is 30.3 Å². The summed E-state index contributed by atoms with van der Waals surface area (Å²) in [6, 6.07) is 12.4. The second kappa shape index (κ2) is 7.69. The maximum Gasteiger partial charge on any atom is 0.231 e. The molecule has 1 fully saturated rings. The quantitative estimate of drug-likeness (QED) is 0.706. The fourth-order valence-electron chi connectivity index (χ4n) is 3.39. The Hall–Kier alpha value is -3.39. The van der Waals surface area contributed by atoms with E-state index in [-0.39, 0.29) is 17.5 Å². The molecular formula is C20H20N4O4. The molecule has 3 aromatic rings. The number of anilines is 1. The Bertz CT molecular complexity index is 988. The van der Waals surface area contributed by atoms with E-state index in [2.05, 4.69) is 15.4 Å². The number of pyridine rings is 1. The molecule has 4 rings (SSSR count). The van der Waals surface area contributed by atoms with Crippen LogP contribution in [0.1, 0.15) is 18.2 Å². The van der Waals surface area contributed by atoms with Crippen LogP contribution in [-0.4, -0.2) is 39.5 Å². The molecule has 28 heavy (non-hydrogen) atoms. The molecule has 144 valence electrons. The summed E-state index contributed by atoms with van der Waals surface area (Å²) < 4.78 is 13.1. The molecule has 1 amide bonds. The minimum Gasteiger partial charge on any atom is -0.504 e. The van der Waals surface area contributed by atoms with Gasteiger partial charge in [0.2, 0.25) is 5.91 Å². The Labute approximate surface area is 161 Å². The maximum absolute atomic E-state index is 12.8. The molecule has 0 spiro atoms. The number of ether oxygens (including phenoxy) is 2. The fourth-order valence-corrected chi connectivity index (χ4v) is 3.39. The molecule has 3 heterocycles. The summed E-state index contributed by atoms with van der Waals surface area (Å²) in [5.41, 5.74) is 1.52. The highest BCUT2D eigenvalue weighted by atomic mass is 16.5. The number of benzene rings is 1. The van der Waals surface area contributed by atoms with Gasteiger partial charge in [-0.15, -0.1) is 0 Å². The van der Waals surface area contributed by atoms with Crippen LogP contribution in [0.25, 0.3) is 5.69 Å². The zero-order chi connectivity index (χ0) is 19.5. The highest BCUT2D eigenvalue weighted by molar-refractivity contribution is 5.93. The SMILES string of the molecule is COc1ccccc1-n1nccc1[C@H]1OCC[C@@H]1C(=O)Nc1ncccc1O. The summed E-state index contributed by atoms with van der Waals surface area (Å²) in [6.07, 6.45) is 3.26. The van der Waals surface area contributed by atoms with Crippen LogP contribution >= 0.6 is 0 Å². The van der Waals surface area contributed by atoms with Crippen LogP contribution < -0.4 is 10.1 Å². The molecule has 0 aliphatic carbocycles. The normalized spacial score (nSPS) is 18.8. The summed E-state index contributed by atoms with van der Waals surface area (Å²) >= 11 is 0. The number of carbonyl (C=O) groups excluding carboxylic acids is 1. The molecule has 1 saturated heterocycles. The van der Waals surface area contributed by atoms with Gasteiger partial charge in [-0.1, -0.05) is 12.1 Å². The lowest BCUT2D eigenvalue weighted by molar-refractivity contribution is -0.121. The van der Waals surface area contributed by atoms with Gasteiger partial charge >= 0.3 is 0 Å². The molecule has 2 aromatic heterocycles. The second-order valence-electron chi connectivity index (χ2n) is 6.39. The smallest absolute Gasteiger partial charge is 0.231 e. The number of rotatable bonds is 5. The number of nitrogens with zero attached hydrogens (tertiary/aromatic N) is 3. The predicted octanol–water partition coefficient (Wildman–Crippen LogP) is 2.70. The van der Waals surface area contributed by atoms with Crippen LogP contribution in [-0.2, 0) is 9.53 Å². The van der Waals surface area contributed by atoms with Crippen molar-refractivity contribution in [1.82, 2.24) is 14.8 Å². The number of hydrogen-bond donors (Lipinski definition) is 2. The Kier molecular flexibility index (Phi) is 4.94. The molecule has 2 N–H and O–H groups in total. The van der Waals surface area contributed by atoms with Gasteiger partial charge in [0, 0.05) is 19.0 Å². The van der Waals surface area contributed by atoms with E-state index in [0.717, 1.165) is 11.4 Å². The van der Waals surface area contributed by atoms with E-state index in [1.165, 1.54) is 12.3 Å². The van der Waals surface area contributed by atoms with Crippen LogP contribution in [0.15, 0.2) is 54.9 Å². The summed E-state index contributed by atoms with van der Waals surface area (Å²) in [5, 5.41) is 17.0. The third-order valence-electron chi connectivity index (χ3n) is 4.73. The predicted molar refractivity (Wildman–Crippen MR) is 101 cm³/mol. The molecule has 0 unspecified atom stereocenters. The van der Waals surface area contributed by atoms with Gasteiger partial charge in [0.15, 0.2) is 11.6 Å². The Morgan fingerprint density at radius 3 is 2.93 bits per heavy atom. The molecule has 1 aliphatic rings. The number of nitrogens with one attached hydrogen (secondary N) is 1. The molecule has 0 saturated carbocycles. The summed E-state index contributed by atoms with van der Waals surface area (Å²) in [5.74, 6) is 0.0301. The number of carbonyl (C=O) groups is 1. The lowest BCUT2D eigenvalue weighted by atomic mass is 9.97. The number of aromatic hydroxyl groups is 1. The number of methoxy groups -OCH3 is 1. The highest BCUT2D eigenvalue weighted by Gasteiger charge is 2.38. The molecule has 8 heteroatoms. The van der Waals surface area contributed by atoms with Gasteiger partial charge < -0.3 is 19.9 Å². The first kappa shape index (κ1) is 18.0. The highest BCUT2D eigenvalue weighted by Crippen LogP contribution is 2.37. The first-order chi connectivity index (χ1) is 13.7. The van der Waals surface area contributed by atoms with Gasteiger partial charge in [-0.3, -0.25) is 4.79 Å². The third-order valence-corrected chi connectivity index (χ3v) is 4.73. The van der Waals surface area contributed by atoms with Gasteiger partial charge in [0.25, 0.3) is 0 Å². The molecule has 1 aromatic carbocycles. The van der Waals surface area contributed by atoms with Gasteiger partial charge in [-0.05, 0) is 36.8 Å². The fraction of sp³-hybridized carbons (Fsp3) is 0.250. The van der Waals surface area contributed by atoms with Gasteiger partial charge in [0.1, 0.15) is 17.5 Å². The molecule has 0 radical (unpaired) electrons. The van der Waals surface area contributed by atoms with Crippen molar-refractivity contribution in [2.24, 2.45) is 5.92 Å². The zero-order valence-corrected chi connectivity index (χ0v) is 15.3. The van der Waals surface area contributed by atoms with E-state index >= 15 is 0 Å². The monoisotopic (exact) mass is 380 g/mol. The van der Waals surface area contributed by atoms with Crippen molar-refractivity contribution in [3.05, 3.63) is 60.6 Å². The third kappa shape index (κ3) is 3.29. The summed E-state index contributed by atoms with van der Waals surface area (Å²) in [7, 11) is 1.60. The van der Waals surface area contributed by atoms with Crippen molar-refractivity contribution in [3.8, 4) is 17.2 Å². The van der Waals surface area contributed by atoms with E-state index < -0.39 is 12.0 Å².